The molecule has 11 heteroatoms. The smallest absolute Gasteiger partial charge is 0.296 e. The fraction of sp³-hybridized carbons (Fsp3) is 0.455. The molecule has 2 fully saturated rings. The molecule has 5 rings (SSSR count). The Balaban J connectivity index is 1.35. The molecule has 1 unspecified atom stereocenters. The first kappa shape index (κ1) is 22.1. The summed E-state index contributed by atoms with van der Waals surface area (Å²) in [6.45, 7) is -0.0688. The van der Waals surface area contributed by atoms with E-state index >= 15 is 0 Å². The maximum atomic E-state index is 12.9. The first-order chi connectivity index (χ1) is 16.0. The van der Waals surface area contributed by atoms with E-state index in [0.29, 0.717) is 29.6 Å². The number of aliphatic hydroxyl groups is 1. The number of hydrogen-bond acceptors (Lipinski definition) is 9. The molecule has 0 aromatic carbocycles. The van der Waals surface area contributed by atoms with E-state index < -0.39 is 18.1 Å². The average Bonchev–Trinajstić information content (AvgIpc) is 3.25. The van der Waals surface area contributed by atoms with E-state index in [-0.39, 0.29) is 24.7 Å². The van der Waals surface area contributed by atoms with Crippen LogP contribution in [0.2, 0.25) is 0 Å². The number of alkyl halides is 2. The van der Waals surface area contributed by atoms with Crippen LogP contribution in [-0.2, 0) is 11.4 Å². The van der Waals surface area contributed by atoms with Crippen molar-refractivity contribution in [2.75, 3.05) is 10.6 Å². The highest BCUT2D eigenvalue weighted by atomic mass is 32.1. The van der Waals surface area contributed by atoms with Gasteiger partial charge in [-0.2, -0.15) is 0 Å². The lowest BCUT2D eigenvalue weighted by atomic mass is 9.76. The van der Waals surface area contributed by atoms with Crippen molar-refractivity contribution in [1.82, 2.24) is 20.3 Å². The van der Waals surface area contributed by atoms with Crippen LogP contribution in [0, 0.1) is 5.92 Å². The zero-order valence-electron chi connectivity index (χ0n) is 17.7. The highest BCUT2D eigenvalue weighted by Crippen LogP contribution is 2.34. The van der Waals surface area contributed by atoms with Gasteiger partial charge in [-0.15, -0.1) is 0 Å². The third-order valence-corrected chi connectivity index (χ3v) is 7.15. The molecule has 4 N–H and O–H groups in total. The summed E-state index contributed by atoms with van der Waals surface area (Å²) in [5, 5.41) is 21.0. The fourth-order valence-electron chi connectivity index (χ4n) is 4.88. The largest absolute Gasteiger partial charge is 0.391 e. The van der Waals surface area contributed by atoms with Crippen LogP contribution < -0.4 is 16.0 Å². The van der Waals surface area contributed by atoms with Gasteiger partial charge in [-0.1, -0.05) is 11.3 Å². The molecule has 3 aromatic heterocycles. The van der Waals surface area contributed by atoms with Crippen LogP contribution in [0.4, 0.5) is 25.5 Å². The van der Waals surface area contributed by atoms with Crippen LogP contribution in [0.3, 0.4) is 0 Å². The zero-order valence-corrected chi connectivity index (χ0v) is 18.5. The molecule has 4 atom stereocenters. The highest BCUT2D eigenvalue weighted by Gasteiger charge is 2.40. The van der Waals surface area contributed by atoms with Gasteiger partial charge in [0.1, 0.15) is 11.6 Å². The van der Waals surface area contributed by atoms with Crippen LogP contribution in [0.5, 0.6) is 0 Å². The Bertz CT molecular complexity index is 1140. The average molecular weight is 475 g/mol. The van der Waals surface area contributed by atoms with Gasteiger partial charge in [-0.25, -0.2) is 18.7 Å². The topological polar surface area (TPSA) is 112 Å². The molecule has 8 nitrogen and oxygen atoms in total. The van der Waals surface area contributed by atoms with E-state index in [2.05, 4.69) is 25.9 Å². The summed E-state index contributed by atoms with van der Waals surface area (Å²) in [6, 6.07) is 5.78. The number of thiazole rings is 1. The third-order valence-electron chi connectivity index (χ3n) is 6.25. The van der Waals surface area contributed by atoms with Crippen molar-refractivity contribution in [3.05, 3.63) is 35.5 Å². The van der Waals surface area contributed by atoms with Gasteiger partial charge >= 0.3 is 0 Å². The number of halogens is 2. The second-order valence-corrected chi connectivity index (χ2v) is 9.70. The summed E-state index contributed by atoms with van der Waals surface area (Å²) in [4.78, 5) is 26.0. The van der Waals surface area contributed by atoms with E-state index in [1.165, 1.54) is 11.3 Å². The van der Waals surface area contributed by atoms with Crippen LogP contribution >= 0.6 is 11.3 Å². The molecule has 5 heterocycles. The Kier molecular flexibility index (Phi) is 6.17. The number of Topliss-reactive ketones (excluding diaryl/α,β-unsaturated/α-hetero) is 1. The second-order valence-electron chi connectivity index (χ2n) is 8.59. The Labute approximate surface area is 192 Å². The number of pyridine rings is 2. The van der Waals surface area contributed by atoms with Crippen molar-refractivity contribution >= 4 is 44.8 Å². The van der Waals surface area contributed by atoms with Gasteiger partial charge in [0.25, 0.3) is 6.43 Å². The minimum absolute atomic E-state index is 0.0145. The molecule has 33 heavy (non-hydrogen) atoms. The lowest BCUT2D eigenvalue weighted by Crippen LogP contribution is -2.55. The van der Waals surface area contributed by atoms with Gasteiger partial charge in [-0.05, 0) is 37.8 Å². The Hall–Kier alpha value is -2.76. The first-order valence-corrected chi connectivity index (χ1v) is 11.7. The fourth-order valence-corrected chi connectivity index (χ4v) is 5.56. The molecular weight excluding hydrogens is 450 g/mol. The Morgan fingerprint density at radius 2 is 2.03 bits per heavy atom. The molecule has 2 aliphatic heterocycles. The van der Waals surface area contributed by atoms with Crippen molar-refractivity contribution < 1.29 is 18.7 Å². The predicted molar refractivity (Wildman–Crippen MR) is 122 cm³/mol. The van der Waals surface area contributed by atoms with E-state index in [4.69, 9.17) is 4.98 Å². The van der Waals surface area contributed by atoms with Gasteiger partial charge in [0.2, 0.25) is 5.78 Å². The van der Waals surface area contributed by atoms with Crippen LogP contribution in [-0.4, -0.2) is 50.4 Å². The van der Waals surface area contributed by atoms with E-state index in [9.17, 15) is 18.7 Å². The van der Waals surface area contributed by atoms with E-state index in [1.807, 2.05) is 18.2 Å². The molecule has 174 valence electrons. The predicted octanol–water partition coefficient (Wildman–Crippen LogP) is 3.47. The third kappa shape index (κ3) is 4.80. The summed E-state index contributed by atoms with van der Waals surface area (Å²) in [5.41, 5.74) is 0.771. The summed E-state index contributed by atoms with van der Waals surface area (Å²) in [7, 11) is 0. The summed E-state index contributed by atoms with van der Waals surface area (Å²) in [6.07, 6.45) is 2.75. The zero-order chi connectivity index (χ0) is 22.9. The quantitative estimate of drug-likeness (QED) is 0.412. The molecule has 0 spiro atoms. The highest BCUT2D eigenvalue weighted by molar-refractivity contribution is 7.15. The SMILES string of the molecule is O=C(C(F)F)C1C[C@@H]2C[C@@H](Nc3nc(Nc4ncc(CO)s4)cc4ncccc34)C[C@H](C1)N2. The number of nitrogens with zero attached hydrogens (tertiary/aromatic N) is 3. The number of aromatic nitrogens is 3. The van der Waals surface area contributed by atoms with E-state index in [1.54, 1.807) is 12.4 Å². The Morgan fingerprint density at radius 3 is 2.73 bits per heavy atom. The minimum atomic E-state index is -2.90. The van der Waals surface area contributed by atoms with Crippen LogP contribution in [0.25, 0.3) is 10.9 Å². The van der Waals surface area contributed by atoms with Crippen LogP contribution in [0.1, 0.15) is 30.6 Å². The second kappa shape index (κ2) is 9.24. The normalized spacial score (nSPS) is 24.7. The molecule has 2 saturated heterocycles. The molecular formula is C22H24F2N6O2S. The maximum absolute atomic E-state index is 12.9. The van der Waals surface area contributed by atoms with Crippen molar-refractivity contribution in [1.29, 1.82) is 0 Å². The van der Waals surface area contributed by atoms with Crippen molar-refractivity contribution in [3.63, 3.8) is 0 Å². The minimum Gasteiger partial charge on any atom is -0.391 e. The number of piperidine rings is 2. The number of anilines is 3. The molecule has 0 aliphatic carbocycles. The standard InChI is InChI=1S/C22H24F2N6O2S/c23-20(24)19(32)11-4-12-6-14(7-13(5-11)27-12)28-21-16-2-1-3-25-17(16)8-18(29-21)30-22-26-9-15(10-31)33-22/h1-3,8-9,11-14,20,27,31H,4-7,10H2,(H2,26,28,29,30)/t11?,12-,13+,14-. The van der Waals surface area contributed by atoms with Gasteiger partial charge in [0.15, 0.2) is 5.13 Å². The molecule has 0 saturated carbocycles. The first-order valence-electron chi connectivity index (χ1n) is 10.9. The molecule has 3 aromatic rings. The summed E-state index contributed by atoms with van der Waals surface area (Å²) < 4.78 is 25.8. The number of hydrogen-bond donors (Lipinski definition) is 4. The van der Waals surface area contributed by atoms with Crippen LogP contribution in [0.15, 0.2) is 30.6 Å². The number of nitrogens with one attached hydrogen (secondary N) is 3. The summed E-state index contributed by atoms with van der Waals surface area (Å²) in [5.74, 6) is -0.228. The van der Waals surface area contributed by atoms with Crippen molar-refractivity contribution in [2.45, 2.75) is 56.8 Å². The molecule has 2 bridgehead atoms. The van der Waals surface area contributed by atoms with Crippen molar-refractivity contribution in [3.8, 4) is 0 Å². The molecule has 0 radical (unpaired) electrons. The monoisotopic (exact) mass is 474 g/mol. The number of carbonyl (C=O) groups is 1. The van der Waals surface area contributed by atoms with Gasteiger partial charge in [0, 0.05) is 47.9 Å². The van der Waals surface area contributed by atoms with Gasteiger partial charge in [0.05, 0.1) is 17.0 Å². The molecule has 0 amide bonds. The lowest BCUT2D eigenvalue weighted by Gasteiger charge is -2.43. The van der Waals surface area contributed by atoms with Crippen molar-refractivity contribution in [2.24, 2.45) is 5.92 Å². The van der Waals surface area contributed by atoms with Gasteiger partial charge < -0.3 is 21.1 Å². The lowest BCUT2D eigenvalue weighted by molar-refractivity contribution is -0.135. The number of aliphatic hydroxyl groups excluding tert-OH is 1. The van der Waals surface area contributed by atoms with Gasteiger partial charge in [-0.3, -0.25) is 9.78 Å². The molecule has 2 aliphatic rings. The Morgan fingerprint density at radius 1 is 1.24 bits per heavy atom. The number of rotatable bonds is 7. The number of fused-ring (bicyclic) bond motifs is 3. The number of carbonyl (C=O) groups excluding carboxylic acids is 1. The van der Waals surface area contributed by atoms with E-state index in [0.717, 1.165) is 28.6 Å². The maximum Gasteiger partial charge on any atom is 0.296 e. The summed E-state index contributed by atoms with van der Waals surface area (Å²) >= 11 is 1.35. The number of ketones is 1.